The van der Waals surface area contributed by atoms with Gasteiger partial charge in [-0.3, -0.25) is 0 Å². The first-order valence-corrected chi connectivity index (χ1v) is 12.1. The number of rotatable bonds is 18. The third-order valence-corrected chi connectivity index (χ3v) is 5.77. The van der Waals surface area contributed by atoms with Gasteiger partial charge in [0, 0.05) is 6.61 Å². The lowest BCUT2D eigenvalue weighted by Gasteiger charge is -2.36. The zero-order chi connectivity index (χ0) is 21.2. The number of ether oxygens (including phenoxy) is 2. The summed E-state index contributed by atoms with van der Waals surface area (Å²) in [5, 5.41) is 28.9. The summed E-state index contributed by atoms with van der Waals surface area (Å²) in [5.74, 6) is 0. The summed E-state index contributed by atoms with van der Waals surface area (Å²) in [7, 11) is 0. The Labute approximate surface area is 178 Å². The molecule has 0 saturated carbocycles. The Balaban J connectivity index is 1.81. The standard InChI is InChI=1S/C24H46O5/c1-2-3-4-5-6-7-8-9-10-11-12-13-14-15-16-17-18-28-22-20-29-21(19-25)23(26)24(22)27/h3-4,21-27H,2,5-20H2,1H3/b4-3+/t21-,22+,23-,24-/m0/s1. The Morgan fingerprint density at radius 3 is 1.90 bits per heavy atom. The lowest BCUT2D eigenvalue weighted by atomic mass is 10.0. The predicted molar refractivity (Wildman–Crippen MR) is 118 cm³/mol. The average Bonchev–Trinajstić information content (AvgIpc) is 2.73. The molecule has 0 aromatic carbocycles. The van der Waals surface area contributed by atoms with E-state index in [2.05, 4.69) is 19.1 Å². The van der Waals surface area contributed by atoms with Crippen molar-refractivity contribution in [3.05, 3.63) is 12.2 Å². The van der Waals surface area contributed by atoms with Gasteiger partial charge in [0.2, 0.25) is 0 Å². The van der Waals surface area contributed by atoms with Crippen LogP contribution in [-0.2, 0) is 9.47 Å². The molecule has 1 aliphatic heterocycles. The Morgan fingerprint density at radius 2 is 1.34 bits per heavy atom. The van der Waals surface area contributed by atoms with E-state index < -0.39 is 24.4 Å². The second-order valence-corrected chi connectivity index (χ2v) is 8.36. The number of aliphatic hydroxyl groups excluding tert-OH is 3. The lowest BCUT2D eigenvalue weighted by molar-refractivity contribution is -0.208. The minimum absolute atomic E-state index is 0.222. The van der Waals surface area contributed by atoms with Gasteiger partial charge in [-0.05, 0) is 25.7 Å². The molecule has 1 fully saturated rings. The first-order valence-electron chi connectivity index (χ1n) is 12.1. The van der Waals surface area contributed by atoms with Gasteiger partial charge in [0.25, 0.3) is 0 Å². The maximum atomic E-state index is 10.0. The highest BCUT2D eigenvalue weighted by Crippen LogP contribution is 2.18. The van der Waals surface area contributed by atoms with Crippen LogP contribution >= 0.6 is 0 Å². The van der Waals surface area contributed by atoms with Crippen LogP contribution in [0.2, 0.25) is 0 Å². The number of unbranched alkanes of at least 4 members (excludes halogenated alkanes) is 12. The van der Waals surface area contributed by atoms with Crippen molar-refractivity contribution in [3.63, 3.8) is 0 Å². The number of hydrogen-bond acceptors (Lipinski definition) is 5. The summed E-state index contributed by atoms with van der Waals surface area (Å²) in [4.78, 5) is 0. The van der Waals surface area contributed by atoms with E-state index in [0.717, 1.165) is 19.3 Å². The molecule has 5 heteroatoms. The molecule has 4 atom stereocenters. The van der Waals surface area contributed by atoms with Gasteiger partial charge >= 0.3 is 0 Å². The summed E-state index contributed by atoms with van der Waals surface area (Å²) in [6.07, 6.45) is 19.3. The van der Waals surface area contributed by atoms with Crippen LogP contribution in [0.3, 0.4) is 0 Å². The minimum atomic E-state index is -1.08. The molecular formula is C24H46O5. The molecule has 0 spiro atoms. The van der Waals surface area contributed by atoms with Crippen LogP contribution < -0.4 is 0 Å². The number of hydrogen-bond donors (Lipinski definition) is 3. The van der Waals surface area contributed by atoms with Crippen molar-refractivity contribution in [2.75, 3.05) is 19.8 Å². The molecule has 0 bridgehead atoms. The molecule has 1 saturated heterocycles. The van der Waals surface area contributed by atoms with Crippen molar-refractivity contribution in [2.45, 2.75) is 121 Å². The van der Waals surface area contributed by atoms with Crippen molar-refractivity contribution >= 4 is 0 Å². The fourth-order valence-corrected chi connectivity index (χ4v) is 3.81. The van der Waals surface area contributed by atoms with Crippen LogP contribution in [0.15, 0.2) is 12.2 Å². The summed E-state index contributed by atoms with van der Waals surface area (Å²) in [6, 6.07) is 0. The van der Waals surface area contributed by atoms with Gasteiger partial charge in [0.05, 0.1) is 13.2 Å². The zero-order valence-corrected chi connectivity index (χ0v) is 18.6. The van der Waals surface area contributed by atoms with Gasteiger partial charge < -0.3 is 24.8 Å². The van der Waals surface area contributed by atoms with Gasteiger partial charge in [-0.15, -0.1) is 0 Å². The first-order chi connectivity index (χ1) is 14.2. The quantitative estimate of drug-likeness (QED) is 0.227. The van der Waals surface area contributed by atoms with Crippen molar-refractivity contribution in [1.82, 2.24) is 0 Å². The average molecular weight is 415 g/mol. The second kappa shape index (κ2) is 18.3. The topological polar surface area (TPSA) is 79.2 Å². The molecule has 0 aromatic heterocycles. The van der Waals surface area contributed by atoms with Gasteiger partial charge in [0.1, 0.15) is 24.4 Å². The molecule has 29 heavy (non-hydrogen) atoms. The number of aliphatic hydroxyl groups is 3. The Hall–Kier alpha value is -0.460. The van der Waals surface area contributed by atoms with Crippen LogP contribution in [-0.4, -0.2) is 59.6 Å². The van der Waals surface area contributed by atoms with Crippen LogP contribution in [0.5, 0.6) is 0 Å². The molecule has 5 nitrogen and oxygen atoms in total. The lowest BCUT2D eigenvalue weighted by Crippen LogP contribution is -2.55. The smallest absolute Gasteiger partial charge is 0.111 e. The third-order valence-electron chi connectivity index (χ3n) is 5.77. The van der Waals surface area contributed by atoms with E-state index in [9.17, 15) is 10.2 Å². The fraction of sp³-hybridized carbons (Fsp3) is 0.917. The van der Waals surface area contributed by atoms with Crippen molar-refractivity contribution < 1.29 is 24.8 Å². The molecule has 0 unspecified atom stereocenters. The fourth-order valence-electron chi connectivity index (χ4n) is 3.81. The van der Waals surface area contributed by atoms with Gasteiger partial charge in [0.15, 0.2) is 0 Å². The normalized spacial score (nSPS) is 25.1. The molecule has 0 aliphatic carbocycles. The molecule has 0 aromatic rings. The molecule has 0 amide bonds. The van der Waals surface area contributed by atoms with E-state index in [0.29, 0.717) is 6.61 Å². The van der Waals surface area contributed by atoms with E-state index in [4.69, 9.17) is 14.6 Å². The van der Waals surface area contributed by atoms with E-state index in [-0.39, 0.29) is 13.2 Å². The zero-order valence-electron chi connectivity index (χ0n) is 18.6. The Kier molecular flexibility index (Phi) is 16.8. The largest absolute Gasteiger partial charge is 0.394 e. The number of allylic oxidation sites excluding steroid dienone is 2. The summed E-state index contributed by atoms with van der Waals surface area (Å²) >= 11 is 0. The van der Waals surface area contributed by atoms with Gasteiger partial charge in [-0.25, -0.2) is 0 Å². The van der Waals surface area contributed by atoms with Crippen molar-refractivity contribution in [3.8, 4) is 0 Å². The van der Waals surface area contributed by atoms with Crippen LogP contribution in [0.1, 0.15) is 96.8 Å². The predicted octanol–water partition coefficient (Wildman–Crippen LogP) is 4.52. The first kappa shape index (κ1) is 26.6. The Morgan fingerprint density at radius 1 is 0.793 bits per heavy atom. The highest BCUT2D eigenvalue weighted by Gasteiger charge is 2.38. The molecule has 1 rings (SSSR count). The van der Waals surface area contributed by atoms with E-state index in [1.807, 2.05) is 0 Å². The maximum Gasteiger partial charge on any atom is 0.111 e. The third kappa shape index (κ3) is 12.7. The van der Waals surface area contributed by atoms with Gasteiger partial charge in [-0.2, -0.15) is 0 Å². The monoisotopic (exact) mass is 414 g/mol. The van der Waals surface area contributed by atoms with Gasteiger partial charge in [-0.1, -0.05) is 83.3 Å². The highest BCUT2D eigenvalue weighted by molar-refractivity contribution is 4.87. The van der Waals surface area contributed by atoms with Crippen molar-refractivity contribution in [2.24, 2.45) is 0 Å². The summed E-state index contributed by atoms with van der Waals surface area (Å²) in [6.45, 7) is 2.70. The SMILES string of the molecule is CC/C=C/CCCCCCCCCCCCCCO[C@@H]1CO[C@@H](CO)[C@H](O)[C@H]1O. The molecule has 3 N–H and O–H groups in total. The minimum Gasteiger partial charge on any atom is -0.394 e. The summed E-state index contributed by atoms with van der Waals surface area (Å²) < 4.78 is 11.0. The second-order valence-electron chi connectivity index (χ2n) is 8.36. The molecule has 172 valence electrons. The van der Waals surface area contributed by atoms with Crippen LogP contribution in [0.4, 0.5) is 0 Å². The van der Waals surface area contributed by atoms with E-state index in [1.54, 1.807) is 0 Å². The molecule has 0 radical (unpaired) electrons. The van der Waals surface area contributed by atoms with E-state index in [1.165, 1.54) is 70.6 Å². The van der Waals surface area contributed by atoms with E-state index >= 15 is 0 Å². The van der Waals surface area contributed by atoms with Crippen LogP contribution in [0.25, 0.3) is 0 Å². The van der Waals surface area contributed by atoms with Crippen molar-refractivity contribution in [1.29, 1.82) is 0 Å². The van der Waals surface area contributed by atoms with Crippen LogP contribution in [0, 0.1) is 0 Å². The molecule has 1 heterocycles. The molecular weight excluding hydrogens is 368 g/mol. The summed E-state index contributed by atoms with van der Waals surface area (Å²) in [5.41, 5.74) is 0. The highest BCUT2D eigenvalue weighted by atomic mass is 16.6. The Bertz CT molecular complexity index is 387. The molecule has 1 aliphatic rings. The maximum absolute atomic E-state index is 10.0.